The van der Waals surface area contributed by atoms with E-state index < -0.39 is 21.8 Å². The van der Waals surface area contributed by atoms with Gasteiger partial charge in [0.05, 0.1) is 12.6 Å². The highest BCUT2D eigenvalue weighted by Crippen LogP contribution is 2.23. The molecule has 1 aromatic rings. The van der Waals surface area contributed by atoms with Gasteiger partial charge in [0.2, 0.25) is 0 Å². The number of alkyl halides is 1. The van der Waals surface area contributed by atoms with Crippen LogP contribution in [0.2, 0.25) is 0 Å². The average Bonchev–Trinajstić information content (AvgIpc) is 2.38. The minimum atomic E-state index is -4.02. The van der Waals surface area contributed by atoms with Gasteiger partial charge in [-0.3, -0.25) is 0 Å². The van der Waals surface area contributed by atoms with Gasteiger partial charge in [-0.1, -0.05) is 46.3 Å². The van der Waals surface area contributed by atoms with Crippen molar-refractivity contribution >= 4 is 32.2 Å². The zero-order chi connectivity index (χ0) is 14.5. The second kappa shape index (κ2) is 6.36. The molecule has 1 aromatic carbocycles. The average molecular weight is 351 g/mol. The maximum Gasteiger partial charge on any atom is 0.421 e. The zero-order valence-corrected chi connectivity index (χ0v) is 12.9. The fourth-order valence-electron chi connectivity index (χ4n) is 1.44. The van der Waals surface area contributed by atoms with Gasteiger partial charge in [-0.2, -0.15) is 13.1 Å². The standard InChI is InChI=1S/C11H15BrN2O4S/c1-11(8-12,9-6-4-3-5-7-9)14-19(16,17)13-10(15)18-2/h3-7,14H,8H2,1-2H3,(H,13,15). The fraction of sp³-hybridized carbons (Fsp3) is 0.364. The van der Waals surface area contributed by atoms with Crippen LogP contribution in [0.1, 0.15) is 12.5 Å². The lowest BCUT2D eigenvalue weighted by atomic mass is 9.96. The number of carbonyl (C=O) groups excluding carboxylic acids is 1. The van der Waals surface area contributed by atoms with Gasteiger partial charge >= 0.3 is 16.3 Å². The first-order valence-electron chi connectivity index (χ1n) is 5.34. The van der Waals surface area contributed by atoms with Crippen LogP contribution in [0.25, 0.3) is 0 Å². The largest absolute Gasteiger partial charge is 0.452 e. The summed E-state index contributed by atoms with van der Waals surface area (Å²) >= 11 is 3.27. The lowest BCUT2D eigenvalue weighted by Crippen LogP contribution is -2.51. The zero-order valence-electron chi connectivity index (χ0n) is 10.5. The first-order chi connectivity index (χ1) is 8.83. The molecule has 106 valence electrons. The number of hydrogen-bond donors (Lipinski definition) is 2. The SMILES string of the molecule is COC(=O)NS(=O)(=O)NC(C)(CBr)c1ccccc1. The molecule has 1 atom stereocenters. The molecular formula is C11H15BrN2O4S. The second-order valence-corrected chi connectivity index (χ2v) is 6.01. The number of ether oxygens (including phenoxy) is 1. The van der Waals surface area contributed by atoms with E-state index in [-0.39, 0.29) is 0 Å². The summed E-state index contributed by atoms with van der Waals surface area (Å²) in [5.41, 5.74) is -0.122. The molecule has 0 aliphatic rings. The van der Waals surface area contributed by atoms with Crippen molar-refractivity contribution in [2.24, 2.45) is 0 Å². The van der Waals surface area contributed by atoms with Gasteiger partial charge in [-0.15, -0.1) is 0 Å². The maximum absolute atomic E-state index is 11.8. The molecule has 0 aliphatic carbocycles. The summed E-state index contributed by atoms with van der Waals surface area (Å²) in [4.78, 5) is 11.0. The van der Waals surface area contributed by atoms with E-state index in [9.17, 15) is 13.2 Å². The Labute approximate surface area is 120 Å². The van der Waals surface area contributed by atoms with Gasteiger partial charge in [0, 0.05) is 5.33 Å². The van der Waals surface area contributed by atoms with E-state index in [2.05, 4.69) is 25.4 Å². The molecule has 0 aliphatic heterocycles. The van der Waals surface area contributed by atoms with E-state index in [4.69, 9.17) is 0 Å². The van der Waals surface area contributed by atoms with E-state index in [1.165, 1.54) is 0 Å². The van der Waals surface area contributed by atoms with Gasteiger partial charge in [-0.05, 0) is 12.5 Å². The summed E-state index contributed by atoms with van der Waals surface area (Å²) in [6, 6.07) is 9.03. The summed E-state index contributed by atoms with van der Waals surface area (Å²) in [6.07, 6.45) is -1.04. The Morgan fingerprint density at radius 2 is 1.95 bits per heavy atom. The molecule has 0 aromatic heterocycles. The maximum atomic E-state index is 11.8. The summed E-state index contributed by atoms with van der Waals surface area (Å²) in [5.74, 6) is 0. The molecule has 1 unspecified atom stereocenters. The van der Waals surface area contributed by atoms with Crippen LogP contribution in [0, 0.1) is 0 Å². The smallest absolute Gasteiger partial charge is 0.421 e. The van der Waals surface area contributed by atoms with Gasteiger partial charge in [0.1, 0.15) is 0 Å². The van der Waals surface area contributed by atoms with Crippen molar-refractivity contribution in [2.75, 3.05) is 12.4 Å². The van der Waals surface area contributed by atoms with Crippen molar-refractivity contribution in [1.29, 1.82) is 0 Å². The summed E-state index contributed by atoms with van der Waals surface area (Å²) in [5, 5.41) is 0.339. The van der Waals surface area contributed by atoms with E-state index in [1.807, 2.05) is 6.07 Å². The summed E-state index contributed by atoms with van der Waals surface area (Å²) in [6.45, 7) is 1.70. The summed E-state index contributed by atoms with van der Waals surface area (Å²) < 4.78 is 32.0. The van der Waals surface area contributed by atoms with Gasteiger partial charge in [0.15, 0.2) is 0 Å². The number of halogens is 1. The van der Waals surface area contributed by atoms with Crippen molar-refractivity contribution < 1.29 is 17.9 Å². The van der Waals surface area contributed by atoms with Crippen molar-refractivity contribution in [3.63, 3.8) is 0 Å². The molecule has 0 heterocycles. The van der Waals surface area contributed by atoms with Crippen molar-refractivity contribution in [3.8, 4) is 0 Å². The van der Waals surface area contributed by atoms with Crippen LogP contribution in [0.15, 0.2) is 30.3 Å². The second-order valence-electron chi connectivity index (χ2n) is 4.03. The molecule has 1 rings (SSSR count). The molecule has 6 nitrogen and oxygen atoms in total. The van der Waals surface area contributed by atoms with E-state index in [1.54, 1.807) is 35.9 Å². The highest BCUT2D eigenvalue weighted by atomic mass is 79.9. The highest BCUT2D eigenvalue weighted by molar-refractivity contribution is 9.09. The quantitative estimate of drug-likeness (QED) is 0.788. The third kappa shape index (κ3) is 4.48. The summed E-state index contributed by atoms with van der Waals surface area (Å²) in [7, 11) is -2.93. The molecule has 0 spiro atoms. The monoisotopic (exact) mass is 350 g/mol. The van der Waals surface area contributed by atoms with Crippen LogP contribution in [-0.2, 0) is 20.5 Å². The van der Waals surface area contributed by atoms with Gasteiger partial charge in [-0.25, -0.2) is 9.52 Å². The first-order valence-corrected chi connectivity index (χ1v) is 7.94. The number of rotatable bonds is 5. The lowest BCUT2D eigenvalue weighted by Gasteiger charge is -2.28. The van der Waals surface area contributed by atoms with Crippen molar-refractivity contribution in [2.45, 2.75) is 12.5 Å². The number of benzene rings is 1. The van der Waals surface area contributed by atoms with Crippen LogP contribution in [0.5, 0.6) is 0 Å². The predicted molar refractivity (Wildman–Crippen MR) is 75.2 cm³/mol. The Morgan fingerprint density at radius 1 is 1.37 bits per heavy atom. The Balaban J connectivity index is 2.96. The third-order valence-corrected chi connectivity index (χ3v) is 4.72. The highest BCUT2D eigenvalue weighted by Gasteiger charge is 2.31. The lowest BCUT2D eigenvalue weighted by molar-refractivity contribution is 0.177. The van der Waals surface area contributed by atoms with Crippen LogP contribution in [-0.4, -0.2) is 27.0 Å². The number of methoxy groups -OCH3 is 1. The third-order valence-electron chi connectivity index (χ3n) is 2.44. The Bertz CT molecular complexity index is 535. The van der Waals surface area contributed by atoms with Gasteiger partial charge < -0.3 is 4.74 Å². The van der Waals surface area contributed by atoms with Crippen LogP contribution in [0.3, 0.4) is 0 Å². The molecule has 19 heavy (non-hydrogen) atoms. The molecule has 1 amide bonds. The normalized spacial score (nSPS) is 14.5. The molecule has 0 radical (unpaired) electrons. The molecule has 0 saturated heterocycles. The van der Waals surface area contributed by atoms with Crippen molar-refractivity contribution in [1.82, 2.24) is 9.44 Å². The molecular weight excluding hydrogens is 336 g/mol. The van der Waals surface area contributed by atoms with E-state index in [0.29, 0.717) is 5.33 Å². The molecule has 2 N–H and O–H groups in total. The molecule has 0 fully saturated rings. The van der Waals surface area contributed by atoms with Crippen LogP contribution in [0.4, 0.5) is 4.79 Å². The molecule has 0 saturated carbocycles. The Kier molecular flexibility index (Phi) is 5.33. The Morgan fingerprint density at radius 3 is 2.42 bits per heavy atom. The number of nitrogens with one attached hydrogen (secondary N) is 2. The Hall–Kier alpha value is -1.12. The number of carbonyl (C=O) groups is 1. The fourth-order valence-corrected chi connectivity index (χ4v) is 3.23. The molecule has 0 bridgehead atoms. The number of amides is 1. The minimum absolute atomic E-state index is 0.339. The minimum Gasteiger partial charge on any atom is -0.452 e. The van der Waals surface area contributed by atoms with Crippen molar-refractivity contribution in [3.05, 3.63) is 35.9 Å². The molecule has 8 heteroatoms. The van der Waals surface area contributed by atoms with E-state index >= 15 is 0 Å². The van der Waals surface area contributed by atoms with E-state index in [0.717, 1.165) is 12.7 Å². The number of hydrogen-bond acceptors (Lipinski definition) is 4. The predicted octanol–water partition coefficient (Wildman–Crippen LogP) is 1.49. The van der Waals surface area contributed by atoms with Gasteiger partial charge in [0.25, 0.3) is 0 Å². The van der Waals surface area contributed by atoms with Crippen LogP contribution >= 0.6 is 15.9 Å². The topological polar surface area (TPSA) is 84.5 Å². The van der Waals surface area contributed by atoms with Crippen LogP contribution < -0.4 is 9.44 Å². The first kappa shape index (κ1) is 15.9.